The Hall–Kier alpha value is -1.49. The first-order chi connectivity index (χ1) is 8.67. The van der Waals surface area contributed by atoms with Crippen molar-refractivity contribution < 1.29 is 14.6 Å². The van der Waals surface area contributed by atoms with Gasteiger partial charge in [0.15, 0.2) is 0 Å². The maximum absolute atomic E-state index is 11.0. The number of thioether (sulfide) groups is 1. The molecule has 18 heavy (non-hydrogen) atoms. The lowest BCUT2D eigenvalue weighted by atomic mass is 10.2. The SMILES string of the molecule is COc1ccc(C=NC(CCSC)C(=O)O)cc1. The third kappa shape index (κ3) is 4.79. The predicted octanol–water partition coefficient (Wildman–Crippen LogP) is 2.32. The van der Waals surface area contributed by atoms with E-state index in [4.69, 9.17) is 9.84 Å². The zero-order chi connectivity index (χ0) is 13.4. The van der Waals surface area contributed by atoms with Gasteiger partial charge in [-0.2, -0.15) is 11.8 Å². The van der Waals surface area contributed by atoms with Gasteiger partial charge in [0, 0.05) is 6.21 Å². The molecule has 0 spiro atoms. The first kappa shape index (κ1) is 14.6. The van der Waals surface area contributed by atoms with E-state index >= 15 is 0 Å². The van der Waals surface area contributed by atoms with Crippen molar-refractivity contribution in [2.75, 3.05) is 19.1 Å². The second-order valence-corrected chi connectivity index (χ2v) is 4.67. The second kappa shape index (κ2) is 7.76. The molecule has 1 N–H and O–H groups in total. The summed E-state index contributed by atoms with van der Waals surface area (Å²) in [5.74, 6) is 0.676. The quantitative estimate of drug-likeness (QED) is 0.770. The smallest absolute Gasteiger partial charge is 0.328 e. The van der Waals surface area contributed by atoms with Gasteiger partial charge in [0.05, 0.1) is 7.11 Å². The molecule has 0 aromatic heterocycles. The molecule has 0 saturated carbocycles. The molecule has 98 valence electrons. The zero-order valence-corrected chi connectivity index (χ0v) is 11.3. The number of rotatable bonds is 7. The molecule has 1 rings (SSSR count). The molecule has 1 unspecified atom stereocenters. The van der Waals surface area contributed by atoms with E-state index < -0.39 is 12.0 Å². The van der Waals surface area contributed by atoms with Crippen LogP contribution in [-0.4, -0.2) is 42.5 Å². The third-order valence-corrected chi connectivity index (χ3v) is 3.04. The highest BCUT2D eigenvalue weighted by Crippen LogP contribution is 2.10. The average molecular weight is 267 g/mol. The summed E-state index contributed by atoms with van der Waals surface area (Å²) < 4.78 is 5.04. The number of methoxy groups -OCH3 is 1. The largest absolute Gasteiger partial charge is 0.497 e. The van der Waals surface area contributed by atoms with Crippen LogP contribution in [0.4, 0.5) is 0 Å². The number of aliphatic carboxylic acids is 1. The van der Waals surface area contributed by atoms with Crippen molar-refractivity contribution in [1.29, 1.82) is 0 Å². The summed E-state index contributed by atoms with van der Waals surface area (Å²) in [4.78, 5) is 15.1. The highest BCUT2D eigenvalue weighted by Gasteiger charge is 2.14. The fraction of sp³-hybridized carbons (Fsp3) is 0.385. The van der Waals surface area contributed by atoms with Gasteiger partial charge in [0.1, 0.15) is 11.8 Å². The highest BCUT2D eigenvalue weighted by atomic mass is 32.2. The Morgan fingerprint density at radius 2 is 2.17 bits per heavy atom. The maximum Gasteiger partial charge on any atom is 0.328 e. The summed E-state index contributed by atoms with van der Waals surface area (Å²) in [6.07, 6.45) is 4.09. The van der Waals surface area contributed by atoms with Gasteiger partial charge in [-0.05, 0) is 48.3 Å². The molecule has 0 aliphatic carbocycles. The van der Waals surface area contributed by atoms with Crippen molar-refractivity contribution >= 4 is 23.9 Å². The molecule has 1 aromatic carbocycles. The van der Waals surface area contributed by atoms with Crippen LogP contribution in [0.2, 0.25) is 0 Å². The van der Waals surface area contributed by atoms with E-state index in [1.807, 2.05) is 30.5 Å². The highest BCUT2D eigenvalue weighted by molar-refractivity contribution is 7.98. The Morgan fingerprint density at radius 3 is 2.67 bits per heavy atom. The molecular formula is C13H17NO3S. The first-order valence-electron chi connectivity index (χ1n) is 5.56. The number of carboxylic acid groups (broad SMARTS) is 1. The molecule has 0 amide bonds. The minimum Gasteiger partial charge on any atom is -0.497 e. The van der Waals surface area contributed by atoms with Crippen LogP contribution < -0.4 is 4.74 Å². The summed E-state index contributed by atoms with van der Waals surface area (Å²) in [5.41, 5.74) is 0.867. The fourth-order valence-corrected chi connectivity index (χ4v) is 1.82. The van der Waals surface area contributed by atoms with Crippen LogP contribution in [0.3, 0.4) is 0 Å². The minimum atomic E-state index is -0.881. The zero-order valence-electron chi connectivity index (χ0n) is 10.5. The Labute approximate surface area is 111 Å². The summed E-state index contributed by atoms with van der Waals surface area (Å²) in [5, 5.41) is 9.02. The van der Waals surface area contributed by atoms with Gasteiger partial charge >= 0.3 is 5.97 Å². The lowest BCUT2D eigenvalue weighted by molar-refractivity contribution is -0.138. The maximum atomic E-state index is 11.0. The van der Waals surface area contributed by atoms with E-state index in [1.54, 1.807) is 25.1 Å². The molecule has 0 fully saturated rings. The van der Waals surface area contributed by atoms with Crippen LogP contribution in [-0.2, 0) is 4.79 Å². The van der Waals surface area contributed by atoms with Crippen molar-refractivity contribution in [3.05, 3.63) is 29.8 Å². The van der Waals surface area contributed by atoms with Crippen LogP contribution in [0.25, 0.3) is 0 Å². The number of benzene rings is 1. The normalized spacial score (nSPS) is 12.6. The van der Waals surface area contributed by atoms with Crippen molar-refractivity contribution in [3.8, 4) is 5.75 Å². The molecule has 0 heterocycles. The van der Waals surface area contributed by atoms with Crippen LogP contribution in [0.15, 0.2) is 29.3 Å². The molecule has 4 nitrogen and oxygen atoms in total. The van der Waals surface area contributed by atoms with Gasteiger partial charge in [-0.3, -0.25) is 4.99 Å². The minimum absolute atomic E-state index is 0.545. The topological polar surface area (TPSA) is 58.9 Å². The molecule has 0 bridgehead atoms. The van der Waals surface area contributed by atoms with E-state index in [0.29, 0.717) is 6.42 Å². The summed E-state index contributed by atoms with van der Waals surface area (Å²) in [7, 11) is 1.60. The van der Waals surface area contributed by atoms with Gasteiger partial charge in [-0.15, -0.1) is 0 Å². The van der Waals surface area contributed by atoms with Crippen molar-refractivity contribution in [3.63, 3.8) is 0 Å². The monoisotopic (exact) mass is 267 g/mol. The Kier molecular flexibility index (Phi) is 6.28. The van der Waals surface area contributed by atoms with E-state index in [-0.39, 0.29) is 0 Å². The van der Waals surface area contributed by atoms with Crippen LogP contribution in [0.5, 0.6) is 5.75 Å². The van der Waals surface area contributed by atoms with Gasteiger partial charge in [0.2, 0.25) is 0 Å². The number of hydrogen-bond acceptors (Lipinski definition) is 4. The van der Waals surface area contributed by atoms with Crippen LogP contribution >= 0.6 is 11.8 Å². The fourth-order valence-electron chi connectivity index (χ4n) is 1.36. The number of ether oxygens (including phenoxy) is 1. The Balaban J connectivity index is 2.66. The van der Waals surface area contributed by atoms with E-state index in [0.717, 1.165) is 17.1 Å². The van der Waals surface area contributed by atoms with Gasteiger partial charge < -0.3 is 9.84 Å². The van der Waals surface area contributed by atoms with Crippen molar-refractivity contribution in [2.45, 2.75) is 12.5 Å². The number of carbonyl (C=O) groups is 1. The van der Waals surface area contributed by atoms with Gasteiger partial charge in [-0.25, -0.2) is 4.79 Å². The molecule has 0 aliphatic heterocycles. The molecule has 1 aromatic rings. The standard InChI is InChI=1S/C13H17NO3S/c1-17-11-5-3-10(4-6-11)9-14-12(13(15)16)7-8-18-2/h3-6,9,12H,7-8H2,1-2H3,(H,15,16). The van der Waals surface area contributed by atoms with E-state index in [9.17, 15) is 4.79 Å². The lowest BCUT2D eigenvalue weighted by Gasteiger charge is -2.05. The van der Waals surface area contributed by atoms with E-state index in [1.165, 1.54) is 0 Å². The molecule has 0 aliphatic rings. The molecular weight excluding hydrogens is 250 g/mol. The number of nitrogens with zero attached hydrogens (tertiary/aromatic N) is 1. The van der Waals surface area contributed by atoms with E-state index in [2.05, 4.69) is 4.99 Å². The van der Waals surface area contributed by atoms with Gasteiger partial charge in [-0.1, -0.05) is 0 Å². The van der Waals surface area contributed by atoms with Gasteiger partial charge in [0.25, 0.3) is 0 Å². The van der Waals surface area contributed by atoms with Crippen molar-refractivity contribution in [1.82, 2.24) is 0 Å². The Bertz CT molecular complexity index is 403. The lowest BCUT2D eigenvalue weighted by Crippen LogP contribution is -2.18. The van der Waals surface area contributed by atoms with Crippen molar-refractivity contribution in [2.24, 2.45) is 4.99 Å². The molecule has 0 saturated heterocycles. The first-order valence-corrected chi connectivity index (χ1v) is 6.95. The molecule has 1 atom stereocenters. The third-order valence-electron chi connectivity index (χ3n) is 2.40. The summed E-state index contributed by atoms with van der Waals surface area (Å²) in [6.45, 7) is 0. The van der Waals surface area contributed by atoms with Crippen LogP contribution in [0.1, 0.15) is 12.0 Å². The number of carboxylic acids is 1. The summed E-state index contributed by atoms with van der Waals surface area (Å²) in [6, 6.07) is 6.66. The second-order valence-electron chi connectivity index (χ2n) is 3.69. The molecule has 5 heteroatoms. The Morgan fingerprint density at radius 1 is 1.50 bits per heavy atom. The predicted molar refractivity (Wildman–Crippen MR) is 75.0 cm³/mol. The number of hydrogen-bond donors (Lipinski definition) is 1. The average Bonchev–Trinajstić information content (AvgIpc) is 2.39. The number of aliphatic imine (C=N–C) groups is 1. The molecule has 0 radical (unpaired) electrons. The summed E-state index contributed by atoms with van der Waals surface area (Å²) >= 11 is 1.62. The van der Waals surface area contributed by atoms with Crippen LogP contribution in [0, 0.1) is 0 Å².